The maximum absolute atomic E-state index is 11.3. The molecular weight excluding hydrogens is 268 g/mol. The summed E-state index contributed by atoms with van der Waals surface area (Å²) in [6.45, 7) is 1.85. The lowest BCUT2D eigenvalue weighted by Gasteiger charge is -1.99. The number of carbonyl (C=O) groups excluding carboxylic acids is 2. The zero-order valence-corrected chi connectivity index (χ0v) is 9.98. The minimum Gasteiger partial charge on any atom is -0.389 e. The number of hydrogen-bond donors (Lipinski definition) is 0. The van der Waals surface area contributed by atoms with Crippen molar-refractivity contribution < 1.29 is 14.3 Å². The highest BCUT2D eigenvalue weighted by atomic mass is 79.9. The minimum absolute atomic E-state index is 0.273. The molecule has 0 fully saturated rings. The molecule has 1 rings (SSSR count). The van der Waals surface area contributed by atoms with Crippen molar-refractivity contribution in [3.8, 4) is 0 Å². The average Bonchev–Trinajstić information content (AvgIpc) is 2.51. The van der Waals surface area contributed by atoms with Crippen LogP contribution in [0.4, 0.5) is 0 Å². The van der Waals surface area contributed by atoms with Crippen molar-refractivity contribution in [3.05, 3.63) is 20.8 Å². The molecule has 0 spiro atoms. The summed E-state index contributed by atoms with van der Waals surface area (Å²) in [7, 11) is 0. The molecule has 0 radical (unpaired) electrons. The number of esters is 2. The second-order valence-corrected chi connectivity index (χ2v) is 4.38. The SMILES string of the molecule is CCCC(=O)OC(=O)c1sccc1Br. The Labute approximate surface area is 94.2 Å². The zero-order chi connectivity index (χ0) is 10.6. The molecular formula is C9H9BrO3S. The summed E-state index contributed by atoms with van der Waals surface area (Å²) in [5, 5.41) is 1.75. The maximum atomic E-state index is 11.3. The fourth-order valence-corrected chi connectivity index (χ4v) is 2.25. The van der Waals surface area contributed by atoms with Gasteiger partial charge in [-0.25, -0.2) is 4.79 Å². The summed E-state index contributed by atoms with van der Waals surface area (Å²) in [6.07, 6.45) is 0.951. The molecule has 0 bridgehead atoms. The highest BCUT2D eigenvalue weighted by molar-refractivity contribution is 9.10. The van der Waals surface area contributed by atoms with Gasteiger partial charge in [-0.1, -0.05) is 6.92 Å². The molecule has 0 saturated carbocycles. The Morgan fingerprint density at radius 1 is 1.57 bits per heavy atom. The third-order valence-corrected chi connectivity index (χ3v) is 3.28. The van der Waals surface area contributed by atoms with Crippen molar-refractivity contribution in [1.29, 1.82) is 0 Å². The normalized spacial score (nSPS) is 9.86. The maximum Gasteiger partial charge on any atom is 0.357 e. The third kappa shape index (κ3) is 2.92. The highest BCUT2D eigenvalue weighted by Gasteiger charge is 2.16. The second kappa shape index (κ2) is 5.26. The van der Waals surface area contributed by atoms with Crippen LogP contribution in [0.2, 0.25) is 0 Å². The van der Waals surface area contributed by atoms with Gasteiger partial charge < -0.3 is 4.74 Å². The van der Waals surface area contributed by atoms with Crippen molar-refractivity contribution >= 4 is 39.2 Å². The standard InChI is InChI=1S/C9H9BrO3S/c1-2-3-7(11)13-9(12)8-6(10)4-5-14-8/h4-5H,2-3H2,1H3. The first-order valence-electron chi connectivity index (χ1n) is 4.13. The summed E-state index contributed by atoms with van der Waals surface area (Å²) in [5.74, 6) is -1.05. The molecule has 0 unspecified atom stereocenters. The van der Waals surface area contributed by atoms with Gasteiger partial charge in [-0.15, -0.1) is 11.3 Å². The van der Waals surface area contributed by atoms with Gasteiger partial charge in [0.1, 0.15) is 4.88 Å². The van der Waals surface area contributed by atoms with E-state index in [9.17, 15) is 9.59 Å². The summed E-state index contributed by atoms with van der Waals surface area (Å²) in [4.78, 5) is 22.8. The van der Waals surface area contributed by atoms with Crippen LogP contribution in [-0.4, -0.2) is 11.9 Å². The highest BCUT2D eigenvalue weighted by Crippen LogP contribution is 2.23. The summed E-state index contributed by atoms with van der Waals surface area (Å²) in [6, 6.07) is 1.74. The molecule has 0 saturated heterocycles. The van der Waals surface area contributed by atoms with Gasteiger partial charge >= 0.3 is 11.9 Å². The smallest absolute Gasteiger partial charge is 0.357 e. The van der Waals surface area contributed by atoms with Crippen molar-refractivity contribution in [2.45, 2.75) is 19.8 Å². The predicted molar refractivity (Wildman–Crippen MR) is 57.3 cm³/mol. The van der Waals surface area contributed by atoms with E-state index >= 15 is 0 Å². The molecule has 1 aromatic rings. The van der Waals surface area contributed by atoms with E-state index in [4.69, 9.17) is 0 Å². The van der Waals surface area contributed by atoms with Crippen LogP contribution in [0, 0.1) is 0 Å². The number of thiophene rings is 1. The van der Waals surface area contributed by atoms with E-state index in [1.54, 1.807) is 11.4 Å². The van der Waals surface area contributed by atoms with E-state index in [1.807, 2.05) is 6.92 Å². The number of hydrogen-bond acceptors (Lipinski definition) is 4. The Kier molecular flexibility index (Phi) is 4.28. The first kappa shape index (κ1) is 11.4. The number of carbonyl (C=O) groups is 2. The van der Waals surface area contributed by atoms with Crippen LogP contribution >= 0.6 is 27.3 Å². The molecule has 0 aliphatic rings. The van der Waals surface area contributed by atoms with Crippen molar-refractivity contribution in [3.63, 3.8) is 0 Å². The van der Waals surface area contributed by atoms with E-state index in [2.05, 4.69) is 20.7 Å². The van der Waals surface area contributed by atoms with Gasteiger partial charge in [0.25, 0.3) is 0 Å². The van der Waals surface area contributed by atoms with Crippen LogP contribution in [-0.2, 0) is 9.53 Å². The molecule has 0 amide bonds. The summed E-state index contributed by atoms with van der Waals surface area (Å²) >= 11 is 4.44. The van der Waals surface area contributed by atoms with E-state index in [0.717, 1.165) is 0 Å². The van der Waals surface area contributed by atoms with Gasteiger partial charge in [0, 0.05) is 10.9 Å². The van der Waals surface area contributed by atoms with Crippen molar-refractivity contribution in [2.75, 3.05) is 0 Å². The number of rotatable bonds is 3. The van der Waals surface area contributed by atoms with Crippen LogP contribution in [0.1, 0.15) is 29.4 Å². The van der Waals surface area contributed by atoms with Gasteiger partial charge in [-0.3, -0.25) is 4.79 Å². The molecule has 0 atom stereocenters. The quantitative estimate of drug-likeness (QED) is 0.630. The molecule has 0 aromatic carbocycles. The average molecular weight is 277 g/mol. The lowest BCUT2D eigenvalue weighted by molar-refractivity contribution is -0.137. The molecule has 3 nitrogen and oxygen atoms in total. The van der Waals surface area contributed by atoms with Crippen LogP contribution in [0.25, 0.3) is 0 Å². The van der Waals surface area contributed by atoms with E-state index in [0.29, 0.717) is 15.8 Å². The molecule has 76 valence electrons. The molecule has 0 N–H and O–H groups in total. The molecule has 0 aliphatic heterocycles. The van der Waals surface area contributed by atoms with Gasteiger partial charge in [0.2, 0.25) is 0 Å². The number of ether oxygens (including phenoxy) is 1. The predicted octanol–water partition coefficient (Wildman–Crippen LogP) is 2.99. The van der Waals surface area contributed by atoms with Crippen LogP contribution in [0.15, 0.2) is 15.9 Å². The molecule has 5 heteroatoms. The first-order valence-corrected chi connectivity index (χ1v) is 5.80. The second-order valence-electron chi connectivity index (χ2n) is 2.61. The van der Waals surface area contributed by atoms with Crippen LogP contribution in [0.3, 0.4) is 0 Å². The topological polar surface area (TPSA) is 43.4 Å². The Morgan fingerprint density at radius 3 is 2.79 bits per heavy atom. The van der Waals surface area contributed by atoms with Gasteiger partial charge in [0.05, 0.1) is 0 Å². The lowest BCUT2D eigenvalue weighted by atomic mass is 10.3. The van der Waals surface area contributed by atoms with E-state index in [-0.39, 0.29) is 6.42 Å². The van der Waals surface area contributed by atoms with E-state index < -0.39 is 11.9 Å². The Morgan fingerprint density at radius 2 is 2.29 bits per heavy atom. The van der Waals surface area contributed by atoms with Crippen LogP contribution in [0.5, 0.6) is 0 Å². The summed E-state index contributed by atoms with van der Waals surface area (Å²) < 4.78 is 5.28. The lowest BCUT2D eigenvalue weighted by Crippen LogP contribution is -2.11. The molecule has 0 aliphatic carbocycles. The van der Waals surface area contributed by atoms with Crippen molar-refractivity contribution in [2.24, 2.45) is 0 Å². The van der Waals surface area contributed by atoms with Gasteiger partial charge in [-0.2, -0.15) is 0 Å². The Bertz CT molecular complexity index is 346. The minimum atomic E-state index is -0.578. The van der Waals surface area contributed by atoms with E-state index in [1.165, 1.54) is 11.3 Å². The fourth-order valence-electron chi connectivity index (χ4n) is 0.844. The third-order valence-electron chi connectivity index (χ3n) is 1.46. The van der Waals surface area contributed by atoms with Gasteiger partial charge in [0.15, 0.2) is 0 Å². The zero-order valence-electron chi connectivity index (χ0n) is 7.58. The largest absolute Gasteiger partial charge is 0.389 e. The van der Waals surface area contributed by atoms with Crippen molar-refractivity contribution in [1.82, 2.24) is 0 Å². The Hall–Kier alpha value is -0.680. The monoisotopic (exact) mass is 276 g/mol. The molecule has 1 heterocycles. The number of halogens is 1. The molecule has 1 aromatic heterocycles. The van der Waals surface area contributed by atoms with Crippen LogP contribution < -0.4 is 0 Å². The molecule has 14 heavy (non-hydrogen) atoms. The fraction of sp³-hybridized carbons (Fsp3) is 0.333. The Balaban J connectivity index is 2.59. The van der Waals surface area contributed by atoms with Gasteiger partial charge in [-0.05, 0) is 33.8 Å². The first-order chi connectivity index (χ1) is 6.65. The summed E-state index contributed by atoms with van der Waals surface area (Å²) in [5.41, 5.74) is 0.